The highest BCUT2D eigenvalue weighted by molar-refractivity contribution is 5.88. The van der Waals surface area contributed by atoms with Crippen LogP contribution in [0.25, 0.3) is 16.9 Å². The SMILES string of the molecule is CCOC(=O)c1cnn(-c2nc3cc(O)ccc3c(=O)[nH]2)c1. The van der Waals surface area contributed by atoms with Crippen molar-refractivity contribution in [3.05, 3.63) is 46.5 Å². The molecular weight excluding hydrogens is 288 g/mol. The van der Waals surface area contributed by atoms with Gasteiger partial charge in [-0.05, 0) is 19.1 Å². The number of aromatic hydroxyl groups is 1. The molecule has 8 heteroatoms. The highest BCUT2D eigenvalue weighted by Crippen LogP contribution is 2.15. The fraction of sp³-hybridized carbons (Fsp3) is 0.143. The monoisotopic (exact) mass is 300 g/mol. The van der Waals surface area contributed by atoms with Crippen molar-refractivity contribution in [3.63, 3.8) is 0 Å². The molecule has 0 atom stereocenters. The molecule has 0 spiro atoms. The molecule has 0 aliphatic carbocycles. The molecule has 0 saturated carbocycles. The van der Waals surface area contributed by atoms with Crippen molar-refractivity contribution in [2.24, 2.45) is 0 Å². The van der Waals surface area contributed by atoms with Gasteiger partial charge in [-0.2, -0.15) is 5.10 Å². The summed E-state index contributed by atoms with van der Waals surface area (Å²) < 4.78 is 6.13. The summed E-state index contributed by atoms with van der Waals surface area (Å²) in [5, 5.41) is 13.8. The number of carbonyl (C=O) groups excluding carboxylic acids is 1. The number of nitrogens with zero attached hydrogens (tertiary/aromatic N) is 3. The van der Waals surface area contributed by atoms with Gasteiger partial charge in [-0.15, -0.1) is 0 Å². The van der Waals surface area contributed by atoms with Crippen molar-refractivity contribution in [3.8, 4) is 11.7 Å². The minimum absolute atomic E-state index is 0.00391. The van der Waals surface area contributed by atoms with Gasteiger partial charge >= 0.3 is 5.97 Å². The molecule has 0 unspecified atom stereocenters. The Morgan fingerprint density at radius 2 is 2.27 bits per heavy atom. The lowest BCUT2D eigenvalue weighted by atomic mass is 10.2. The summed E-state index contributed by atoms with van der Waals surface area (Å²) in [4.78, 5) is 30.4. The maximum absolute atomic E-state index is 12.0. The van der Waals surface area contributed by atoms with E-state index in [1.54, 1.807) is 6.92 Å². The number of carbonyl (C=O) groups is 1. The quantitative estimate of drug-likeness (QED) is 0.698. The van der Waals surface area contributed by atoms with Crippen LogP contribution in [0.2, 0.25) is 0 Å². The van der Waals surface area contributed by atoms with Crippen LogP contribution in [-0.4, -0.2) is 37.4 Å². The largest absolute Gasteiger partial charge is 0.508 e. The number of hydrogen-bond donors (Lipinski definition) is 2. The molecule has 2 aromatic heterocycles. The first-order valence-electron chi connectivity index (χ1n) is 6.53. The fourth-order valence-corrected chi connectivity index (χ4v) is 1.98. The number of benzene rings is 1. The lowest BCUT2D eigenvalue weighted by Crippen LogP contribution is -2.13. The summed E-state index contributed by atoms with van der Waals surface area (Å²) >= 11 is 0. The average molecular weight is 300 g/mol. The van der Waals surface area contributed by atoms with E-state index in [0.29, 0.717) is 10.9 Å². The van der Waals surface area contributed by atoms with Gasteiger partial charge < -0.3 is 9.84 Å². The first-order valence-corrected chi connectivity index (χ1v) is 6.53. The lowest BCUT2D eigenvalue weighted by Gasteiger charge is -2.03. The summed E-state index contributed by atoms with van der Waals surface area (Å²) in [7, 11) is 0. The van der Waals surface area contributed by atoms with Crippen LogP contribution in [0.3, 0.4) is 0 Å². The van der Waals surface area contributed by atoms with E-state index in [4.69, 9.17) is 4.74 Å². The Morgan fingerprint density at radius 3 is 3.05 bits per heavy atom. The molecule has 3 aromatic rings. The number of H-pyrrole nitrogens is 1. The van der Waals surface area contributed by atoms with Gasteiger partial charge in [0.2, 0.25) is 5.95 Å². The van der Waals surface area contributed by atoms with Crippen LogP contribution in [0.15, 0.2) is 35.4 Å². The first-order chi connectivity index (χ1) is 10.6. The number of ether oxygens (including phenoxy) is 1. The second-order valence-electron chi connectivity index (χ2n) is 4.49. The molecule has 1 aromatic carbocycles. The molecule has 0 radical (unpaired) electrons. The number of aromatic nitrogens is 4. The minimum atomic E-state index is -0.505. The van der Waals surface area contributed by atoms with Crippen LogP contribution in [-0.2, 0) is 4.74 Å². The number of nitrogens with one attached hydrogen (secondary N) is 1. The van der Waals surface area contributed by atoms with Gasteiger partial charge in [0.05, 0.1) is 29.3 Å². The minimum Gasteiger partial charge on any atom is -0.508 e. The molecule has 8 nitrogen and oxygen atoms in total. The Kier molecular flexibility index (Phi) is 3.34. The standard InChI is InChI=1S/C14H12N4O4/c1-2-22-13(21)8-6-15-18(7-8)14-16-11-5-9(19)3-4-10(11)12(20)17-14/h3-7,19H,2H2,1H3,(H,16,17,20). The predicted octanol–water partition coefficient (Wildman–Crippen LogP) is 0.991. The van der Waals surface area contributed by atoms with Gasteiger partial charge in [0.1, 0.15) is 5.75 Å². The number of phenols is 1. The Bertz CT molecular complexity index is 913. The molecule has 0 bridgehead atoms. The van der Waals surface area contributed by atoms with Gasteiger partial charge in [-0.1, -0.05) is 0 Å². The van der Waals surface area contributed by atoms with Crippen molar-refractivity contribution < 1.29 is 14.6 Å². The van der Waals surface area contributed by atoms with Crippen LogP contribution < -0.4 is 5.56 Å². The van der Waals surface area contributed by atoms with Gasteiger partial charge in [0, 0.05) is 12.3 Å². The molecule has 0 aliphatic rings. The Balaban J connectivity index is 2.07. The maximum Gasteiger partial charge on any atom is 0.341 e. The predicted molar refractivity (Wildman–Crippen MR) is 77.1 cm³/mol. The molecular formula is C14H12N4O4. The van der Waals surface area contributed by atoms with Crippen LogP contribution in [0.1, 0.15) is 17.3 Å². The third-order valence-electron chi connectivity index (χ3n) is 2.99. The summed E-state index contributed by atoms with van der Waals surface area (Å²) in [5.74, 6) is -0.364. The maximum atomic E-state index is 12.0. The van der Waals surface area contributed by atoms with Crippen LogP contribution >= 0.6 is 0 Å². The molecule has 22 heavy (non-hydrogen) atoms. The van der Waals surface area contributed by atoms with Crippen LogP contribution in [0, 0.1) is 0 Å². The number of fused-ring (bicyclic) bond motifs is 1. The van der Waals surface area contributed by atoms with Crippen LogP contribution in [0.5, 0.6) is 5.75 Å². The number of esters is 1. The zero-order chi connectivity index (χ0) is 15.7. The van der Waals surface area contributed by atoms with Crippen LogP contribution in [0.4, 0.5) is 0 Å². The molecule has 0 saturated heterocycles. The van der Waals surface area contributed by atoms with Crippen molar-refractivity contribution in [1.82, 2.24) is 19.7 Å². The number of phenolic OH excluding ortho intramolecular Hbond substituents is 1. The summed E-state index contributed by atoms with van der Waals surface area (Å²) in [6, 6.07) is 4.27. The van der Waals surface area contributed by atoms with Gasteiger partial charge in [-0.25, -0.2) is 14.5 Å². The fourth-order valence-electron chi connectivity index (χ4n) is 1.98. The van der Waals surface area contributed by atoms with Gasteiger partial charge in [0.15, 0.2) is 0 Å². The second kappa shape index (κ2) is 5.32. The zero-order valence-corrected chi connectivity index (χ0v) is 11.6. The van der Waals surface area contributed by atoms with Gasteiger partial charge in [-0.3, -0.25) is 9.78 Å². The van der Waals surface area contributed by atoms with Crippen molar-refractivity contribution in [2.45, 2.75) is 6.92 Å². The van der Waals surface area contributed by atoms with E-state index in [0.717, 1.165) is 0 Å². The Hall–Kier alpha value is -3.16. The molecule has 2 heterocycles. The summed E-state index contributed by atoms with van der Waals surface area (Å²) in [6.45, 7) is 1.96. The van der Waals surface area contributed by atoms with E-state index in [-0.39, 0.29) is 29.4 Å². The van der Waals surface area contributed by atoms with Crippen molar-refractivity contribution in [1.29, 1.82) is 0 Å². The Morgan fingerprint density at radius 1 is 1.45 bits per heavy atom. The third-order valence-corrected chi connectivity index (χ3v) is 2.99. The molecule has 0 fully saturated rings. The van der Waals surface area contributed by atoms with E-state index in [1.807, 2.05) is 0 Å². The van der Waals surface area contributed by atoms with Crippen molar-refractivity contribution in [2.75, 3.05) is 6.61 Å². The molecule has 112 valence electrons. The molecule has 3 rings (SSSR count). The third kappa shape index (κ3) is 2.41. The Labute approximate surface area is 124 Å². The summed E-state index contributed by atoms with van der Waals surface area (Å²) in [6.07, 6.45) is 2.73. The number of rotatable bonds is 3. The highest BCUT2D eigenvalue weighted by Gasteiger charge is 2.12. The highest BCUT2D eigenvalue weighted by atomic mass is 16.5. The first kappa shape index (κ1) is 13.8. The number of hydrogen-bond acceptors (Lipinski definition) is 6. The molecule has 2 N–H and O–H groups in total. The second-order valence-corrected chi connectivity index (χ2v) is 4.49. The molecule has 0 amide bonds. The molecule has 0 aliphatic heterocycles. The van der Waals surface area contributed by atoms with E-state index in [2.05, 4.69) is 15.1 Å². The topological polar surface area (TPSA) is 110 Å². The van der Waals surface area contributed by atoms with E-state index < -0.39 is 5.97 Å². The zero-order valence-electron chi connectivity index (χ0n) is 11.6. The lowest BCUT2D eigenvalue weighted by molar-refractivity contribution is 0.0526. The summed E-state index contributed by atoms with van der Waals surface area (Å²) in [5.41, 5.74) is 0.209. The average Bonchev–Trinajstić information content (AvgIpc) is 2.96. The van der Waals surface area contributed by atoms with E-state index in [1.165, 1.54) is 35.3 Å². The van der Waals surface area contributed by atoms with Gasteiger partial charge in [0.25, 0.3) is 5.56 Å². The van der Waals surface area contributed by atoms with E-state index >= 15 is 0 Å². The number of aromatic amines is 1. The smallest absolute Gasteiger partial charge is 0.341 e. The van der Waals surface area contributed by atoms with E-state index in [9.17, 15) is 14.7 Å². The normalized spacial score (nSPS) is 10.8. The van der Waals surface area contributed by atoms with Crippen molar-refractivity contribution >= 4 is 16.9 Å².